The predicted molar refractivity (Wildman–Crippen MR) is 145 cm³/mol. The lowest BCUT2D eigenvalue weighted by molar-refractivity contribution is -0.384. The zero-order valence-corrected chi connectivity index (χ0v) is 20.1. The van der Waals surface area contributed by atoms with Crippen LogP contribution in [0.5, 0.6) is 0 Å². The molecule has 0 aliphatic carbocycles. The summed E-state index contributed by atoms with van der Waals surface area (Å²) in [6.07, 6.45) is 4.94. The highest BCUT2D eigenvalue weighted by Crippen LogP contribution is 2.33. The molecule has 0 bridgehead atoms. The molecule has 1 aliphatic heterocycles. The van der Waals surface area contributed by atoms with E-state index in [-0.39, 0.29) is 5.69 Å². The van der Waals surface area contributed by atoms with E-state index in [1.165, 1.54) is 18.6 Å². The van der Waals surface area contributed by atoms with Crippen molar-refractivity contribution in [2.75, 3.05) is 28.3 Å². The van der Waals surface area contributed by atoms with Gasteiger partial charge in [-0.1, -0.05) is 36.4 Å². The van der Waals surface area contributed by atoms with Crippen molar-refractivity contribution in [3.8, 4) is 0 Å². The fourth-order valence-corrected chi connectivity index (χ4v) is 4.12. The Bertz CT molecular complexity index is 1320. The van der Waals surface area contributed by atoms with Gasteiger partial charge in [0.15, 0.2) is 0 Å². The molecule has 0 amide bonds. The number of benzene rings is 3. The number of nitrogens with one attached hydrogen (secondary N) is 1. The number of hydrogen-bond donors (Lipinski definition) is 1. The van der Waals surface area contributed by atoms with Crippen LogP contribution < -0.4 is 15.2 Å². The largest absolute Gasteiger partial charge is 0.341 e. The average Bonchev–Trinajstić information content (AvgIpc) is 2.95. The topological polar surface area (TPSA) is 113 Å². The smallest absolute Gasteiger partial charge is 0.269 e. The van der Waals surface area contributed by atoms with Crippen LogP contribution in [0.15, 0.2) is 90.0 Å². The van der Waals surface area contributed by atoms with E-state index in [0.717, 1.165) is 37.3 Å². The van der Waals surface area contributed by atoms with Crippen molar-refractivity contribution in [2.45, 2.75) is 19.3 Å². The maximum Gasteiger partial charge on any atom is 0.269 e. The van der Waals surface area contributed by atoms with E-state index in [1.54, 1.807) is 18.3 Å². The standard InChI is InChI=1S/C27H26N8O2/c36-35(37)24-16-14-21(15-17-24)20-28-32-25-29-26(33-18-8-3-9-19-33)31-27(30-25)34(22-10-4-1-5-11-22)23-12-6-2-7-13-23/h1-2,4-7,10-17,20H,3,8-9,18-19H2,(H,29,30,31,32)/b28-20+. The molecular formula is C27H26N8O2. The van der Waals surface area contributed by atoms with Crippen LogP contribution in [0.1, 0.15) is 24.8 Å². The van der Waals surface area contributed by atoms with E-state index < -0.39 is 4.92 Å². The van der Waals surface area contributed by atoms with Crippen LogP contribution >= 0.6 is 0 Å². The number of para-hydroxylation sites is 2. The predicted octanol–water partition coefficient (Wildman–Crippen LogP) is 5.69. The number of nitrogens with zero attached hydrogens (tertiary/aromatic N) is 7. The van der Waals surface area contributed by atoms with Crippen molar-refractivity contribution in [2.24, 2.45) is 5.10 Å². The second-order valence-electron chi connectivity index (χ2n) is 8.53. The molecule has 0 radical (unpaired) electrons. The third-order valence-corrected chi connectivity index (χ3v) is 5.96. The lowest BCUT2D eigenvalue weighted by Crippen LogP contribution is -2.31. The Morgan fingerprint density at radius 1 is 0.838 bits per heavy atom. The van der Waals surface area contributed by atoms with Crippen LogP contribution in [0.25, 0.3) is 0 Å². The average molecular weight is 495 g/mol. The van der Waals surface area contributed by atoms with Crippen molar-refractivity contribution in [1.82, 2.24) is 15.0 Å². The van der Waals surface area contributed by atoms with Crippen LogP contribution in [-0.2, 0) is 0 Å². The molecule has 3 aromatic carbocycles. The van der Waals surface area contributed by atoms with Gasteiger partial charge >= 0.3 is 0 Å². The number of hydrazone groups is 1. The van der Waals surface area contributed by atoms with Gasteiger partial charge in [-0.05, 0) is 61.2 Å². The minimum atomic E-state index is -0.432. The molecule has 1 N–H and O–H groups in total. The summed E-state index contributed by atoms with van der Waals surface area (Å²) in [5.41, 5.74) is 5.51. The van der Waals surface area contributed by atoms with E-state index in [2.05, 4.69) is 20.4 Å². The van der Waals surface area contributed by atoms with E-state index in [4.69, 9.17) is 9.97 Å². The molecule has 1 saturated heterocycles. The lowest BCUT2D eigenvalue weighted by Gasteiger charge is -2.28. The highest BCUT2D eigenvalue weighted by Gasteiger charge is 2.21. The van der Waals surface area contributed by atoms with Crippen molar-refractivity contribution in [1.29, 1.82) is 0 Å². The van der Waals surface area contributed by atoms with Gasteiger partial charge in [-0.3, -0.25) is 15.0 Å². The molecule has 10 heteroatoms. The number of aromatic nitrogens is 3. The summed E-state index contributed by atoms with van der Waals surface area (Å²) in [5, 5.41) is 15.2. The van der Waals surface area contributed by atoms with E-state index in [1.807, 2.05) is 65.6 Å². The number of nitro benzene ring substituents is 1. The highest BCUT2D eigenvalue weighted by atomic mass is 16.6. The molecule has 1 fully saturated rings. The first-order valence-electron chi connectivity index (χ1n) is 12.1. The SMILES string of the molecule is O=[N+]([O-])c1ccc(/C=N/Nc2nc(N3CCCCC3)nc(N(c3ccccc3)c3ccccc3)n2)cc1. The molecule has 1 aromatic heterocycles. The van der Waals surface area contributed by atoms with Crippen LogP contribution in [0.3, 0.4) is 0 Å². The molecule has 186 valence electrons. The highest BCUT2D eigenvalue weighted by molar-refractivity contribution is 5.80. The van der Waals surface area contributed by atoms with Crippen LogP contribution in [0, 0.1) is 10.1 Å². The van der Waals surface area contributed by atoms with Crippen LogP contribution in [-0.4, -0.2) is 39.2 Å². The van der Waals surface area contributed by atoms with Crippen LogP contribution in [0.4, 0.5) is 34.9 Å². The summed E-state index contributed by atoms with van der Waals surface area (Å²) in [5.74, 6) is 1.37. The second-order valence-corrected chi connectivity index (χ2v) is 8.53. The van der Waals surface area contributed by atoms with Crippen molar-refractivity contribution >= 4 is 41.1 Å². The summed E-state index contributed by atoms with van der Waals surface area (Å²) in [7, 11) is 0. The van der Waals surface area contributed by atoms with Gasteiger partial charge in [0, 0.05) is 36.6 Å². The molecule has 10 nitrogen and oxygen atoms in total. The minimum absolute atomic E-state index is 0.0281. The fraction of sp³-hybridized carbons (Fsp3) is 0.185. The molecule has 0 unspecified atom stereocenters. The van der Waals surface area contributed by atoms with Gasteiger partial charge in [0.1, 0.15) is 0 Å². The Morgan fingerprint density at radius 3 is 2.05 bits per heavy atom. The third kappa shape index (κ3) is 5.87. The van der Waals surface area contributed by atoms with Gasteiger partial charge in [0.25, 0.3) is 5.69 Å². The molecule has 0 atom stereocenters. The number of anilines is 5. The minimum Gasteiger partial charge on any atom is -0.341 e. The van der Waals surface area contributed by atoms with E-state index in [0.29, 0.717) is 23.4 Å². The maximum atomic E-state index is 10.9. The van der Waals surface area contributed by atoms with Gasteiger partial charge in [-0.25, -0.2) is 5.43 Å². The second kappa shape index (κ2) is 11.3. The Labute approximate surface area is 214 Å². The number of piperidine rings is 1. The molecule has 37 heavy (non-hydrogen) atoms. The normalized spacial score (nSPS) is 13.5. The molecule has 2 heterocycles. The zero-order chi connectivity index (χ0) is 25.5. The zero-order valence-electron chi connectivity index (χ0n) is 20.1. The summed E-state index contributed by atoms with van der Waals surface area (Å²) >= 11 is 0. The summed E-state index contributed by atoms with van der Waals surface area (Å²) in [6, 6.07) is 26.0. The number of nitro groups is 1. The Balaban J connectivity index is 1.50. The summed E-state index contributed by atoms with van der Waals surface area (Å²) < 4.78 is 0. The van der Waals surface area contributed by atoms with E-state index in [9.17, 15) is 10.1 Å². The van der Waals surface area contributed by atoms with Crippen molar-refractivity contribution in [3.05, 3.63) is 101 Å². The number of hydrogen-bond acceptors (Lipinski definition) is 9. The molecule has 0 saturated carbocycles. The first-order chi connectivity index (χ1) is 18.2. The Kier molecular flexibility index (Phi) is 7.26. The quantitative estimate of drug-likeness (QED) is 0.189. The monoisotopic (exact) mass is 494 g/mol. The summed E-state index contributed by atoms with van der Waals surface area (Å²) in [6.45, 7) is 1.76. The first kappa shape index (κ1) is 23.9. The maximum absolute atomic E-state index is 10.9. The van der Waals surface area contributed by atoms with E-state index >= 15 is 0 Å². The van der Waals surface area contributed by atoms with Gasteiger partial charge in [0.2, 0.25) is 17.8 Å². The Morgan fingerprint density at radius 2 is 1.46 bits per heavy atom. The van der Waals surface area contributed by atoms with Crippen LogP contribution in [0.2, 0.25) is 0 Å². The van der Waals surface area contributed by atoms with Gasteiger partial charge in [0.05, 0.1) is 11.1 Å². The van der Waals surface area contributed by atoms with Gasteiger partial charge in [-0.15, -0.1) is 0 Å². The number of rotatable bonds is 8. The molecular weight excluding hydrogens is 468 g/mol. The third-order valence-electron chi connectivity index (χ3n) is 5.96. The number of non-ortho nitro benzene ring substituents is 1. The molecule has 4 aromatic rings. The van der Waals surface area contributed by atoms with Gasteiger partial charge < -0.3 is 4.90 Å². The van der Waals surface area contributed by atoms with Crippen molar-refractivity contribution in [3.63, 3.8) is 0 Å². The first-order valence-corrected chi connectivity index (χ1v) is 12.1. The molecule has 5 rings (SSSR count). The van der Waals surface area contributed by atoms with Crippen molar-refractivity contribution < 1.29 is 4.92 Å². The molecule has 0 spiro atoms. The summed E-state index contributed by atoms with van der Waals surface area (Å²) in [4.78, 5) is 28.9. The molecule has 1 aliphatic rings. The lowest BCUT2D eigenvalue weighted by atomic mass is 10.1. The van der Waals surface area contributed by atoms with Gasteiger partial charge in [-0.2, -0.15) is 20.1 Å². The Hall–Kier alpha value is -4.86. The fourth-order valence-electron chi connectivity index (χ4n) is 4.12.